The molecule has 0 unspecified atom stereocenters. The first-order valence-electron chi connectivity index (χ1n) is 4.48. The van der Waals surface area contributed by atoms with Crippen molar-refractivity contribution in [2.75, 3.05) is 12.8 Å². The van der Waals surface area contributed by atoms with Crippen LogP contribution in [0, 0.1) is 0 Å². The lowest BCUT2D eigenvalue weighted by Gasteiger charge is -2.22. The van der Waals surface area contributed by atoms with Crippen molar-refractivity contribution in [1.82, 2.24) is 15.1 Å². The van der Waals surface area contributed by atoms with Crippen LogP contribution in [0.4, 0.5) is 5.82 Å². The lowest BCUT2D eigenvalue weighted by Crippen LogP contribution is -2.39. The Kier molecular flexibility index (Phi) is 2.90. The van der Waals surface area contributed by atoms with E-state index in [0.717, 1.165) is 0 Å². The van der Waals surface area contributed by atoms with E-state index in [2.05, 4.69) is 10.4 Å². The zero-order valence-corrected chi connectivity index (χ0v) is 8.74. The molecule has 0 aliphatic carbocycles. The SMILES string of the molecule is CNC(C)(C)CC(=O)n1ccc(N)n1. The molecule has 0 radical (unpaired) electrons. The number of hydrogen-bond donors (Lipinski definition) is 2. The maximum absolute atomic E-state index is 11.6. The maximum atomic E-state index is 11.6. The van der Waals surface area contributed by atoms with Gasteiger partial charge in [-0.05, 0) is 20.9 Å². The first-order chi connectivity index (χ1) is 6.44. The first kappa shape index (κ1) is 10.7. The summed E-state index contributed by atoms with van der Waals surface area (Å²) < 4.78 is 1.27. The van der Waals surface area contributed by atoms with Gasteiger partial charge in [0.05, 0.1) is 0 Å². The highest BCUT2D eigenvalue weighted by Crippen LogP contribution is 2.09. The van der Waals surface area contributed by atoms with Crippen LogP contribution in [0.3, 0.4) is 0 Å². The monoisotopic (exact) mass is 196 g/mol. The number of rotatable bonds is 3. The summed E-state index contributed by atoms with van der Waals surface area (Å²) in [5.74, 6) is 0.293. The molecule has 5 heteroatoms. The molecule has 0 bridgehead atoms. The summed E-state index contributed by atoms with van der Waals surface area (Å²) in [4.78, 5) is 11.6. The third kappa shape index (κ3) is 2.56. The van der Waals surface area contributed by atoms with Crippen LogP contribution in [-0.4, -0.2) is 28.3 Å². The summed E-state index contributed by atoms with van der Waals surface area (Å²) in [5.41, 5.74) is 5.19. The van der Waals surface area contributed by atoms with E-state index in [0.29, 0.717) is 12.2 Å². The van der Waals surface area contributed by atoms with Gasteiger partial charge >= 0.3 is 0 Å². The van der Waals surface area contributed by atoms with E-state index in [1.54, 1.807) is 12.3 Å². The highest BCUT2D eigenvalue weighted by molar-refractivity contribution is 5.79. The summed E-state index contributed by atoms with van der Waals surface area (Å²) in [6.45, 7) is 3.91. The number of nitrogens with zero attached hydrogens (tertiary/aromatic N) is 2. The van der Waals surface area contributed by atoms with Gasteiger partial charge in [0, 0.05) is 24.2 Å². The molecule has 1 rings (SSSR count). The lowest BCUT2D eigenvalue weighted by molar-refractivity contribution is 0.0853. The quantitative estimate of drug-likeness (QED) is 0.738. The van der Waals surface area contributed by atoms with Crippen LogP contribution >= 0.6 is 0 Å². The predicted octanol–water partition coefficient (Wildman–Crippen LogP) is 0.494. The number of nitrogens with one attached hydrogen (secondary N) is 1. The Bertz CT molecular complexity index is 329. The second-order valence-corrected chi connectivity index (χ2v) is 3.89. The highest BCUT2D eigenvalue weighted by Gasteiger charge is 2.20. The Morgan fingerprint density at radius 3 is 2.79 bits per heavy atom. The predicted molar refractivity (Wildman–Crippen MR) is 55.0 cm³/mol. The second kappa shape index (κ2) is 3.79. The van der Waals surface area contributed by atoms with Gasteiger partial charge in [-0.1, -0.05) is 0 Å². The summed E-state index contributed by atoms with van der Waals surface area (Å²) in [5, 5.41) is 6.90. The van der Waals surface area contributed by atoms with E-state index >= 15 is 0 Å². The third-order valence-electron chi connectivity index (χ3n) is 2.14. The van der Waals surface area contributed by atoms with Crippen molar-refractivity contribution in [2.45, 2.75) is 25.8 Å². The highest BCUT2D eigenvalue weighted by atomic mass is 16.2. The number of nitrogen functional groups attached to an aromatic ring is 1. The zero-order valence-electron chi connectivity index (χ0n) is 8.74. The molecular weight excluding hydrogens is 180 g/mol. The number of aromatic nitrogens is 2. The molecule has 1 aromatic rings. The number of hydrogen-bond acceptors (Lipinski definition) is 4. The topological polar surface area (TPSA) is 72.9 Å². The van der Waals surface area contributed by atoms with E-state index in [1.165, 1.54) is 4.68 Å². The molecule has 0 saturated carbocycles. The molecule has 0 atom stereocenters. The van der Waals surface area contributed by atoms with Crippen molar-refractivity contribution in [1.29, 1.82) is 0 Å². The normalized spacial score (nSPS) is 11.6. The number of nitrogens with two attached hydrogens (primary N) is 1. The molecule has 0 saturated heterocycles. The lowest BCUT2D eigenvalue weighted by atomic mass is 10.0. The molecule has 0 aliphatic rings. The molecule has 3 N–H and O–H groups in total. The smallest absolute Gasteiger partial charge is 0.248 e. The average Bonchev–Trinajstić information content (AvgIpc) is 2.51. The van der Waals surface area contributed by atoms with Gasteiger partial charge in [-0.3, -0.25) is 4.79 Å². The maximum Gasteiger partial charge on any atom is 0.248 e. The molecule has 1 aromatic heterocycles. The van der Waals surface area contributed by atoms with E-state index < -0.39 is 0 Å². The number of anilines is 1. The van der Waals surface area contributed by atoms with Crippen LogP contribution in [0.15, 0.2) is 12.3 Å². The minimum Gasteiger partial charge on any atom is -0.382 e. The Morgan fingerprint density at radius 2 is 2.36 bits per heavy atom. The molecule has 0 aliphatic heterocycles. The van der Waals surface area contributed by atoms with E-state index in [1.807, 2.05) is 20.9 Å². The summed E-state index contributed by atoms with van der Waals surface area (Å²) in [6.07, 6.45) is 1.95. The van der Waals surface area contributed by atoms with E-state index in [9.17, 15) is 4.79 Å². The summed E-state index contributed by atoms with van der Waals surface area (Å²) in [7, 11) is 1.82. The van der Waals surface area contributed by atoms with Gasteiger partial charge in [0.1, 0.15) is 5.82 Å². The average molecular weight is 196 g/mol. The van der Waals surface area contributed by atoms with Crippen molar-refractivity contribution >= 4 is 11.7 Å². The van der Waals surface area contributed by atoms with Crippen molar-refractivity contribution in [3.8, 4) is 0 Å². The minimum absolute atomic E-state index is 0.0685. The Morgan fingerprint density at radius 1 is 1.71 bits per heavy atom. The van der Waals surface area contributed by atoms with Gasteiger partial charge in [-0.2, -0.15) is 0 Å². The van der Waals surface area contributed by atoms with Gasteiger partial charge in [0.25, 0.3) is 0 Å². The van der Waals surface area contributed by atoms with Gasteiger partial charge in [0.2, 0.25) is 5.91 Å². The van der Waals surface area contributed by atoms with Crippen LogP contribution in [0.1, 0.15) is 25.1 Å². The molecule has 78 valence electrons. The molecular formula is C9H16N4O. The van der Waals surface area contributed by atoms with Gasteiger partial charge < -0.3 is 11.1 Å². The van der Waals surface area contributed by atoms with Crippen molar-refractivity contribution in [3.63, 3.8) is 0 Å². The molecule has 0 aromatic carbocycles. The molecule has 14 heavy (non-hydrogen) atoms. The largest absolute Gasteiger partial charge is 0.382 e. The van der Waals surface area contributed by atoms with Crippen LogP contribution in [0.5, 0.6) is 0 Å². The minimum atomic E-state index is -0.224. The van der Waals surface area contributed by atoms with Crippen molar-refractivity contribution in [2.24, 2.45) is 0 Å². The van der Waals surface area contributed by atoms with Gasteiger partial charge in [0.15, 0.2) is 0 Å². The summed E-state index contributed by atoms with van der Waals surface area (Å²) in [6, 6.07) is 1.60. The summed E-state index contributed by atoms with van der Waals surface area (Å²) >= 11 is 0. The van der Waals surface area contributed by atoms with E-state index in [-0.39, 0.29) is 11.4 Å². The zero-order chi connectivity index (χ0) is 10.8. The van der Waals surface area contributed by atoms with Gasteiger partial charge in [-0.25, -0.2) is 4.68 Å². The van der Waals surface area contributed by atoms with Crippen LogP contribution < -0.4 is 11.1 Å². The fraction of sp³-hybridized carbons (Fsp3) is 0.556. The number of carbonyl (C=O) groups excluding carboxylic acids is 1. The fourth-order valence-corrected chi connectivity index (χ4v) is 1.02. The van der Waals surface area contributed by atoms with Crippen molar-refractivity contribution in [3.05, 3.63) is 12.3 Å². The standard InChI is InChI=1S/C9H16N4O/c1-9(2,11-3)6-8(14)13-5-4-7(10)12-13/h4-5,11H,6H2,1-3H3,(H2,10,12). The third-order valence-corrected chi connectivity index (χ3v) is 2.14. The van der Waals surface area contributed by atoms with Crippen LogP contribution in [0.25, 0.3) is 0 Å². The molecule has 0 amide bonds. The Balaban J connectivity index is 2.68. The van der Waals surface area contributed by atoms with Crippen LogP contribution in [0.2, 0.25) is 0 Å². The van der Waals surface area contributed by atoms with Crippen LogP contribution in [-0.2, 0) is 0 Å². The second-order valence-electron chi connectivity index (χ2n) is 3.89. The van der Waals surface area contributed by atoms with Gasteiger partial charge in [-0.15, -0.1) is 5.10 Å². The van der Waals surface area contributed by atoms with E-state index in [4.69, 9.17) is 5.73 Å². The molecule has 0 fully saturated rings. The fourth-order valence-electron chi connectivity index (χ4n) is 1.02. The Labute approximate surface area is 83.3 Å². The van der Waals surface area contributed by atoms with Crippen molar-refractivity contribution < 1.29 is 4.79 Å². The molecule has 1 heterocycles. The first-order valence-corrected chi connectivity index (χ1v) is 4.48. The molecule has 5 nitrogen and oxygen atoms in total. The Hall–Kier alpha value is -1.36. The molecule has 0 spiro atoms. The number of carbonyl (C=O) groups is 1.